The van der Waals surface area contributed by atoms with Crippen LogP contribution in [0, 0.1) is 11.7 Å². The molecule has 3 unspecified atom stereocenters. The Morgan fingerprint density at radius 2 is 2.30 bits per heavy atom. The van der Waals surface area contributed by atoms with E-state index < -0.39 is 18.0 Å². The Morgan fingerprint density at radius 3 is 2.95 bits per heavy atom. The molecule has 0 saturated carbocycles. The molecule has 1 aliphatic rings. The number of benzene rings is 1. The Kier molecular flexibility index (Phi) is 4.73. The molecule has 1 aliphatic heterocycles. The van der Waals surface area contributed by atoms with Crippen LogP contribution in [0.25, 0.3) is 0 Å². The van der Waals surface area contributed by atoms with Crippen molar-refractivity contribution in [1.82, 2.24) is 4.90 Å². The van der Waals surface area contributed by atoms with Crippen LogP contribution in [-0.2, 0) is 4.79 Å². The van der Waals surface area contributed by atoms with Gasteiger partial charge in [0.1, 0.15) is 5.82 Å². The van der Waals surface area contributed by atoms with Gasteiger partial charge in [-0.3, -0.25) is 4.79 Å². The van der Waals surface area contributed by atoms with Crippen LogP contribution in [0.2, 0.25) is 0 Å². The molecule has 110 valence electrons. The number of likely N-dealkylation sites (tertiary alicyclic amines) is 1. The van der Waals surface area contributed by atoms with E-state index in [1.165, 1.54) is 18.2 Å². The van der Waals surface area contributed by atoms with Crippen molar-refractivity contribution in [2.75, 3.05) is 13.1 Å². The zero-order valence-electron chi connectivity index (χ0n) is 11.5. The zero-order chi connectivity index (χ0) is 14.7. The standard InChI is InChI=1S/C15H20FNO3/c1-10-5-6-17(9-14(10)19)15(20)8-13(18)11-3-2-4-12(16)7-11/h2-4,7,10,13-14,18-19H,5-6,8-9H2,1H3. The second-order valence-electron chi connectivity index (χ2n) is 5.45. The highest BCUT2D eigenvalue weighted by molar-refractivity contribution is 5.77. The smallest absolute Gasteiger partial charge is 0.225 e. The predicted octanol–water partition coefficient (Wildman–Crippen LogP) is 1.48. The maximum Gasteiger partial charge on any atom is 0.225 e. The number of carbonyl (C=O) groups is 1. The van der Waals surface area contributed by atoms with Crippen LogP contribution < -0.4 is 0 Å². The largest absolute Gasteiger partial charge is 0.391 e. The summed E-state index contributed by atoms with van der Waals surface area (Å²) in [6, 6.07) is 5.62. The summed E-state index contributed by atoms with van der Waals surface area (Å²) in [7, 11) is 0. The van der Waals surface area contributed by atoms with Crippen molar-refractivity contribution in [1.29, 1.82) is 0 Å². The summed E-state index contributed by atoms with van der Waals surface area (Å²) in [6.07, 6.45) is -0.873. The lowest BCUT2D eigenvalue weighted by Gasteiger charge is -2.34. The molecule has 1 amide bonds. The summed E-state index contributed by atoms with van der Waals surface area (Å²) in [4.78, 5) is 13.6. The minimum absolute atomic E-state index is 0.0927. The van der Waals surface area contributed by atoms with Crippen LogP contribution in [-0.4, -0.2) is 40.2 Å². The first-order valence-electron chi connectivity index (χ1n) is 6.86. The summed E-state index contributed by atoms with van der Waals surface area (Å²) >= 11 is 0. The molecule has 1 aromatic rings. The number of amides is 1. The van der Waals surface area contributed by atoms with Gasteiger partial charge in [0.15, 0.2) is 0 Å². The third-order valence-corrected chi connectivity index (χ3v) is 3.87. The lowest BCUT2D eigenvalue weighted by molar-refractivity contribution is -0.137. The van der Waals surface area contributed by atoms with Gasteiger partial charge in [0, 0.05) is 13.1 Å². The molecule has 20 heavy (non-hydrogen) atoms. The lowest BCUT2D eigenvalue weighted by Crippen LogP contribution is -2.46. The number of carbonyl (C=O) groups excluding carboxylic acids is 1. The van der Waals surface area contributed by atoms with E-state index in [4.69, 9.17) is 0 Å². The fraction of sp³-hybridized carbons (Fsp3) is 0.533. The van der Waals surface area contributed by atoms with Crippen LogP contribution in [0.15, 0.2) is 24.3 Å². The molecule has 4 nitrogen and oxygen atoms in total. The van der Waals surface area contributed by atoms with E-state index in [-0.39, 0.29) is 18.2 Å². The van der Waals surface area contributed by atoms with Crippen molar-refractivity contribution in [2.45, 2.75) is 32.0 Å². The first-order chi connectivity index (χ1) is 9.47. The molecule has 0 aromatic heterocycles. The number of hydrogen-bond donors (Lipinski definition) is 2. The first-order valence-corrected chi connectivity index (χ1v) is 6.86. The molecule has 0 radical (unpaired) electrons. The van der Waals surface area contributed by atoms with E-state index in [0.717, 1.165) is 6.42 Å². The molecule has 0 aliphatic carbocycles. The van der Waals surface area contributed by atoms with E-state index in [0.29, 0.717) is 18.7 Å². The fourth-order valence-corrected chi connectivity index (χ4v) is 2.40. The van der Waals surface area contributed by atoms with Gasteiger partial charge in [-0.15, -0.1) is 0 Å². The van der Waals surface area contributed by atoms with E-state index in [2.05, 4.69) is 0 Å². The summed E-state index contributed by atoms with van der Waals surface area (Å²) in [6.45, 7) is 2.84. The fourth-order valence-electron chi connectivity index (χ4n) is 2.40. The minimum Gasteiger partial charge on any atom is -0.391 e. The molecule has 3 atom stereocenters. The molecule has 2 rings (SSSR count). The van der Waals surface area contributed by atoms with Gasteiger partial charge in [-0.2, -0.15) is 0 Å². The van der Waals surface area contributed by atoms with Crippen molar-refractivity contribution >= 4 is 5.91 Å². The SMILES string of the molecule is CC1CCN(C(=O)CC(O)c2cccc(F)c2)CC1O. The Balaban J connectivity index is 1.94. The van der Waals surface area contributed by atoms with E-state index >= 15 is 0 Å². The average Bonchev–Trinajstić information content (AvgIpc) is 2.41. The average molecular weight is 281 g/mol. The normalized spacial score (nSPS) is 24.5. The molecule has 5 heteroatoms. The number of rotatable bonds is 3. The second-order valence-corrected chi connectivity index (χ2v) is 5.45. The maximum absolute atomic E-state index is 13.1. The van der Waals surface area contributed by atoms with Crippen LogP contribution in [0.5, 0.6) is 0 Å². The van der Waals surface area contributed by atoms with Crippen molar-refractivity contribution < 1.29 is 19.4 Å². The number of β-amino-alcohol motifs (C(OH)–C–C–N with tert-alkyl or cyclic N) is 1. The number of aliphatic hydroxyl groups is 2. The van der Waals surface area contributed by atoms with Crippen molar-refractivity contribution in [3.8, 4) is 0 Å². The van der Waals surface area contributed by atoms with Crippen molar-refractivity contribution in [3.63, 3.8) is 0 Å². The van der Waals surface area contributed by atoms with Crippen LogP contribution in [0.1, 0.15) is 31.4 Å². The maximum atomic E-state index is 13.1. The summed E-state index contributed by atoms with van der Waals surface area (Å²) in [5, 5.41) is 19.8. The number of halogens is 1. The van der Waals surface area contributed by atoms with E-state index in [9.17, 15) is 19.4 Å². The highest BCUT2D eigenvalue weighted by Crippen LogP contribution is 2.22. The third-order valence-electron chi connectivity index (χ3n) is 3.87. The Morgan fingerprint density at radius 1 is 1.55 bits per heavy atom. The summed E-state index contributed by atoms with van der Waals surface area (Å²) < 4.78 is 13.1. The van der Waals surface area contributed by atoms with Gasteiger partial charge in [-0.05, 0) is 30.0 Å². The van der Waals surface area contributed by atoms with Crippen LogP contribution in [0.4, 0.5) is 4.39 Å². The third kappa shape index (κ3) is 3.55. The summed E-state index contributed by atoms with van der Waals surface area (Å²) in [5.41, 5.74) is 0.393. The zero-order valence-corrected chi connectivity index (χ0v) is 11.5. The lowest BCUT2D eigenvalue weighted by atomic mass is 9.95. The van der Waals surface area contributed by atoms with Gasteiger partial charge in [-0.25, -0.2) is 4.39 Å². The first kappa shape index (κ1) is 14.9. The molecule has 1 aromatic carbocycles. The Labute approximate surface area is 117 Å². The van der Waals surface area contributed by atoms with E-state index in [1.807, 2.05) is 6.92 Å². The molecule has 1 heterocycles. The Hall–Kier alpha value is -1.46. The summed E-state index contributed by atoms with van der Waals surface area (Å²) in [5.74, 6) is -0.462. The number of hydrogen-bond acceptors (Lipinski definition) is 3. The van der Waals surface area contributed by atoms with Gasteiger partial charge in [0.25, 0.3) is 0 Å². The molecule has 0 bridgehead atoms. The second kappa shape index (κ2) is 6.33. The van der Waals surface area contributed by atoms with Gasteiger partial charge in [-0.1, -0.05) is 19.1 Å². The number of aliphatic hydroxyl groups excluding tert-OH is 2. The highest BCUT2D eigenvalue weighted by Gasteiger charge is 2.28. The highest BCUT2D eigenvalue weighted by atomic mass is 19.1. The van der Waals surface area contributed by atoms with Crippen molar-refractivity contribution in [2.24, 2.45) is 5.92 Å². The Bertz CT molecular complexity index is 480. The molecular weight excluding hydrogens is 261 g/mol. The van der Waals surface area contributed by atoms with Crippen LogP contribution >= 0.6 is 0 Å². The van der Waals surface area contributed by atoms with Crippen LogP contribution in [0.3, 0.4) is 0 Å². The minimum atomic E-state index is -1.02. The van der Waals surface area contributed by atoms with E-state index in [1.54, 1.807) is 11.0 Å². The van der Waals surface area contributed by atoms with Gasteiger partial charge < -0.3 is 15.1 Å². The van der Waals surface area contributed by atoms with Gasteiger partial charge in [0.2, 0.25) is 5.91 Å². The molecule has 2 N–H and O–H groups in total. The molecule has 1 fully saturated rings. The molecule has 0 spiro atoms. The molecule has 1 saturated heterocycles. The number of piperidine rings is 1. The number of nitrogens with zero attached hydrogens (tertiary/aromatic N) is 1. The molecular formula is C15H20FNO3. The monoisotopic (exact) mass is 281 g/mol. The van der Waals surface area contributed by atoms with Crippen molar-refractivity contribution in [3.05, 3.63) is 35.6 Å². The van der Waals surface area contributed by atoms with Gasteiger partial charge in [0.05, 0.1) is 18.6 Å². The predicted molar refractivity (Wildman–Crippen MR) is 72.3 cm³/mol. The quantitative estimate of drug-likeness (QED) is 0.882. The van der Waals surface area contributed by atoms with Gasteiger partial charge >= 0.3 is 0 Å². The topological polar surface area (TPSA) is 60.8 Å².